The van der Waals surface area contributed by atoms with E-state index in [0.717, 1.165) is 11.3 Å². The maximum absolute atomic E-state index is 11.7. The van der Waals surface area contributed by atoms with Crippen molar-refractivity contribution in [2.24, 2.45) is 11.7 Å². The zero-order valence-corrected chi connectivity index (χ0v) is 9.23. The first-order chi connectivity index (χ1) is 7.66. The number of hydrogen-bond donors (Lipinski definition) is 3. The van der Waals surface area contributed by atoms with E-state index in [0.29, 0.717) is 13.0 Å². The number of aryl methyl sites for hydroxylation is 1. The molecule has 1 amide bonds. The van der Waals surface area contributed by atoms with Gasteiger partial charge in [0.1, 0.15) is 0 Å². The van der Waals surface area contributed by atoms with E-state index in [9.17, 15) is 4.79 Å². The van der Waals surface area contributed by atoms with Crippen molar-refractivity contribution in [1.29, 1.82) is 0 Å². The molecular formula is C11H16N4O. The van der Waals surface area contributed by atoms with Crippen LogP contribution in [0.5, 0.6) is 0 Å². The number of hydrogen-bond acceptors (Lipinski definition) is 3. The van der Waals surface area contributed by atoms with Gasteiger partial charge in [0.15, 0.2) is 0 Å². The molecule has 0 spiro atoms. The highest BCUT2D eigenvalue weighted by molar-refractivity contribution is 5.81. The van der Waals surface area contributed by atoms with Gasteiger partial charge in [-0.05, 0) is 13.3 Å². The minimum absolute atomic E-state index is 0.0198. The first-order valence-corrected chi connectivity index (χ1v) is 5.37. The Morgan fingerprint density at radius 1 is 1.69 bits per heavy atom. The normalized spacial score (nSPS) is 23.6. The minimum Gasteiger partial charge on any atom is -0.351 e. The average Bonchev–Trinajstić information content (AvgIpc) is 2.84. The Morgan fingerprint density at radius 2 is 2.50 bits per heavy atom. The maximum atomic E-state index is 11.7. The lowest BCUT2D eigenvalue weighted by Crippen LogP contribution is -2.30. The highest BCUT2D eigenvalue weighted by Crippen LogP contribution is 2.16. The van der Waals surface area contributed by atoms with Crippen LogP contribution in [0.15, 0.2) is 18.3 Å². The standard InChI is InChI=1S/C11H16N4O/c1-7-9(6-14-15-7)5-13-11(16)8-2-3-10(12)4-8/h2-3,6,8,10H,4-5,12H2,1H3,(H,13,16)(H,14,15). The zero-order chi connectivity index (χ0) is 11.5. The second-order valence-corrected chi connectivity index (χ2v) is 4.13. The van der Waals surface area contributed by atoms with Gasteiger partial charge in [0.2, 0.25) is 5.91 Å². The van der Waals surface area contributed by atoms with Crippen LogP contribution in [0, 0.1) is 12.8 Å². The molecule has 0 saturated carbocycles. The first kappa shape index (κ1) is 10.9. The molecule has 1 heterocycles. The third-order valence-corrected chi connectivity index (χ3v) is 2.84. The largest absolute Gasteiger partial charge is 0.351 e. The van der Waals surface area contributed by atoms with Gasteiger partial charge in [-0.3, -0.25) is 9.89 Å². The van der Waals surface area contributed by atoms with Crippen molar-refractivity contribution in [2.75, 3.05) is 0 Å². The molecule has 2 unspecified atom stereocenters. The molecular weight excluding hydrogens is 204 g/mol. The predicted octanol–water partition coefficient (Wildman–Crippen LogP) is 0.238. The number of amides is 1. The Bertz CT molecular complexity index is 410. The quantitative estimate of drug-likeness (QED) is 0.638. The summed E-state index contributed by atoms with van der Waals surface area (Å²) in [5, 5.41) is 9.62. The van der Waals surface area contributed by atoms with Gasteiger partial charge >= 0.3 is 0 Å². The fourth-order valence-electron chi connectivity index (χ4n) is 1.79. The SMILES string of the molecule is Cc1[nH]ncc1CNC(=O)C1C=CC(N)C1. The van der Waals surface area contributed by atoms with Crippen molar-refractivity contribution in [1.82, 2.24) is 15.5 Å². The van der Waals surface area contributed by atoms with Crippen LogP contribution in [0.4, 0.5) is 0 Å². The molecule has 1 aliphatic carbocycles. The molecule has 0 radical (unpaired) electrons. The van der Waals surface area contributed by atoms with Gasteiger partial charge < -0.3 is 11.1 Å². The van der Waals surface area contributed by atoms with Crippen LogP contribution in [0.3, 0.4) is 0 Å². The summed E-state index contributed by atoms with van der Waals surface area (Å²) in [6.45, 7) is 2.45. The molecule has 5 nitrogen and oxygen atoms in total. The van der Waals surface area contributed by atoms with Crippen molar-refractivity contribution < 1.29 is 4.79 Å². The number of nitrogens with zero attached hydrogens (tertiary/aromatic N) is 1. The van der Waals surface area contributed by atoms with Crippen LogP contribution < -0.4 is 11.1 Å². The molecule has 5 heteroatoms. The number of rotatable bonds is 3. The molecule has 0 aliphatic heterocycles. The topological polar surface area (TPSA) is 83.8 Å². The van der Waals surface area contributed by atoms with Crippen molar-refractivity contribution in [3.05, 3.63) is 29.6 Å². The van der Waals surface area contributed by atoms with E-state index in [-0.39, 0.29) is 17.9 Å². The molecule has 1 aliphatic rings. The fraction of sp³-hybridized carbons (Fsp3) is 0.455. The Kier molecular flexibility index (Phi) is 3.05. The van der Waals surface area contributed by atoms with Gasteiger partial charge in [-0.15, -0.1) is 0 Å². The monoisotopic (exact) mass is 220 g/mol. The molecule has 0 saturated heterocycles. The van der Waals surface area contributed by atoms with Crippen LogP contribution in [0.2, 0.25) is 0 Å². The molecule has 0 aromatic carbocycles. The van der Waals surface area contributed by atoms with E-state index in [2.05, 4.69) is 15.5 Å². The van der Waals surface area contributed by atoms with Crippen LogP contribution in [0.25, 0.3) is 0 Å². The molecule has 1 aromatic rings. The Morgan fingerprint density at radius 3 is 3.06 bits per heavy atom. The van der Waals surface area contributed by atoms with Crippen molar-refractivity contribution in [3.8, 4) is 0 Å². The van der Waals surface area contributed by atoms with Gasteiger partial charge in [0, 0.05) is 23.8 Å². The lowest BCUT2D eigenvalue weighted by atomic mass is 10.1. The number of carbonyl (C=O) groups is 1. The van der Waals surface area contributed by atoms with E-state index in [1.807, 2.05) is 19.1 Å². The summed E-state index contributed by atoms with van der Waals surface area (Å²) in [5.41, 5.74) is 7.69. The molecule has 86 valence electrons. The van der Waals surface area contributed by atoms with Crippen molar-refractivity contribution in [2.45, 2.75) is 25.9 Å². The van der Waals surface area contributed by atoms with E-state index in [4.69, 9.17) is 5.73 Å². The van der Waals surface area contributed by atoms with E-state index in [1.165, 1.54) is 0 Å². The summed E-state index contributed by atoms with van der Waals surface area (Å²) in [7, 11) is 0. The van der Waals surface area contributed by atoms with Gasteiger partial charge in [0.05, 0.1) is 12.1 Å². The number of nitrogens with one attached hydrogen (secondary N) is 2. The third-order valence-electron chi connectivity index (χ3n) is 2.84. The number of aromatic nitrogens is 2. The summed E-state index contributed by atoms with van der Waals surface area (Å²) in [6.07, 6.45) is 6.19. The summed E-state index contributed by atoms with van der Waals surface area (Å²) in [4.78, 5) is 11.7. The highest BCUT2D eigenvalue weighted by Gasteiger charge is 2.22. The second-order valence-electron chi connectivity index (χ2n) is 4.13. The molecule has 0 fully saturated rings. The van der Waals surface area contributed by atoms with Crippen LogP contribution >= 0.6 is 0 Å². The van der Waals surface area contributed by atoms with Gasteiger partial charge in [0.25, 0.3) is 0 Å². The average molecular weight is 220 g/mol. The number of H-pyrrole nitrogens is 1. The Hall–Kier alpha value is -1.62. The summed E-state index contributed by atoms with van der Waals surface area (Å²) in [5.74, 6) is -0.0491. The van der Waals surface area contributed by atoms with Gasteiger partial charge in [-0.25, -0.2) is 0 Å². The van der Waals surface area contributed by atoms with Crippen molar-refractivity contribution >= 4 is 5.91 Å². The lowest BCUT2D eigenvalue weighted by Gasteiger charge is -2.09. The molecule has 0 bridgehead atoms. The van der Waals surface area contributed by atoms with Gasteiger partial charge in [-0.1, -0.05) is 12.2 Å². The summed E-state index contributed by atoms with van der Waals surface area (Å²) >= 11 is 0. The fourth-order valence-corrected chi connectivity index (χ4v) is 1.79. The minimum atomic E-state index is -0.0813. The van der Waals surface area contributed by atoms with Crippen molar-refractivity contribution in [3.63, 3.8) is 0 Å². The second kappa shape index (κ2) is 4.49. The Labute approximate surface area is 94.1 Å². The molecule has 2 atom stereocenters. The maximum Gasteiger partial charge on any atom is 0.227 e. The first-order valence-electron chi connectivity index (χ1n) is 5.37. The smallest absolute Gasteiger partial charge is 0.227 e. The summed E-state index contributed by atoms with van der Waals surface area (Å²) in [6, 6.07) is 0.0198. The van der Waals surface area contributed by atoms with Crippen LogP contribution in [-0.4, -0.2) is 22.1 Å². The molecule has 2 rings (SSSR count). The van der Waals surface area contributed by atoms with E-state index in [1.54, 1.807) is 6.20 Å². The number of aromatic amines is 1. The van der Waals surface area contributed by atoms with Crippen LogP contribution in [-0.2, 0) is 11.3 Å². The number of carbonyl (C=O) groups excluding carboxylic acids is 1. The number of nitrogens with two attached hydrogens (primary N) is 1. The molecule has 1 aromatic heterocycles. The predicted molar refractivity (Wildman–Crippen MR) is 60.4 cm³/mol. The Balaban J connectivity index is 1.85. The highest BCUT2D eigenvalue weighted by atomic mass is 16.1. The zero-order valence-electron chi connectivity index (χ0n) is 9.23. The molecule has 4 N–H and O–H groups in total. The molecule has 16 heavy (non-hydrogen) atoms. The van der Waals surface area contributed by atoms with Gasteiger partial charge in [-0.2, -0.15) is 5.10 Å². The lowest BCUT2D eigenvalue weighted by molar-refractivity contribution is -0.123. The van der Waals surface area contributed by atoms with E-state index >= 15 is 0 Å². The third kappa shape index (κ3) is 2.30. The van der Waals surface area contributed by atoms with E-state index < -0.39 is 0 Å². The van der Waals surface area contributed by atoms with Crippen LogP contribution in [0.1, 0.15) is 17.7 Å². The summed E-state index contributed by atoms with van der Waals surface area (Å²) < 4.78 is 0.